The van der Waals surface area contributed by atoms with Gasteiger partial charge in [0.15, 0.2) is 0 Å². The van der Waals surface area contributed by atoms with Gasteiger partial charge in [-0.15, -0.1) is 6.58 Å². The highest BCUT2D eigenvalue weighted by atomic mass is 32.2. The summed E-state index contributed by atoms with van der Waals surface area (Å²) in [5.41, 5.74) is 0.823. The van der Waals surface area contributed by atoms with Crippen LogP contribution in [0.25, 0.3) is 0 Å². The van der Waals surface area contributed by atoms with E-state index in [1.54, 1.807) is 22.7 Å². The molecule has 0 aromatic heterocycles. The Morgan fingerprint density at radius 1 is 1.55 bits per heavy atom. The molecule has 2 aliphatic rings. The molecule has 0 bridgehead atoms. The second-order valence-corrected chi connectivity index (χ2v) is 6.51. The van der Waals surface area contributed by atoms with E-state index < -0.39 is 0 Å². The van der Waals surface area contributed by atoms with Crippen molar-refractivity contribution in [1.82, 2.24) is 4.90 Å². The van der Waals surface area contributed by atoms with Gasteiger partial charge in [0.1, 0.15) is 5.84 Å². The molecule has 0 saturated heterocycles. The zero-order chi connectivity index (χ0) is 15.9. The van der Waals surface area contributed by atoms with E-state index in [1.165, 1.54) is 0 Å². The van der Waals surface area contributed by atoms with Crippen molar-refractivity contribution in [2.24, 2.45) is 9.98 Å². The zero-order valence-corrected chi connectivity index (χ0v) is 14.2. The van der Waals surface area contributed by atoms with E-state index in [4.69, 9.17) is 4.99 Å². The van der Waals surface area contributed by atoms with E-state index in [1.807, 2.05) is 13.1 Å². The summed E-state index contributed by atoms with van der Waals surface area (Å²) in [5.74, 6) is 0.935. The first-order valence-corrected chi connectivity index (χ1v) is 8.52. The fourth-order valence-electron chi connectivity index (χ4n) is 2.36. The number of hydrogen-bond acceptors (Lipinski definition) is 3. The fourth-order valence-corrected chi connectivity index (χ4v) is 3.54. The van der Waals surface area contributed by atoms with E-state index in [2.05, 4.69) is 24.6 Å². The fraction of sp³-hybridized carbons (Fsp3) is 0.471. The molecule has 0 atom stereocenters. The molecule has 0 aromatic carbocycles. The number of amidine groups is 1. The summed E-state index contributed by atoms with van der Waals surface area (Å²) in [7, 11) is 1.83. The van der Waals surface area contributed by atoms with Crippen LogP contribution in [-0.2, 0) is 4.79 Å². The number of amides is 1. The van der Waals surface area contributed by atoms with Gasteiger partial charge in [-0.1, -0.05) is 36.9 Å². The van der Waals surface area contributed by atoms with Crippen LogP contribution in [0.5, 0.6) is 0 Å². The monoisotopic (exact) mass is 317 g/mol. The molecule has 0 aromatic rings. The predicted octanol–water partition coefficient (Wildman–Crippen LogP) is 3.58. The number of nitrogens with zero attached hydrogens (tertiary/aromatic N) is 3. The molecule has 118 valence electrons. The Hall–Kier alpha value is -1.62. The Kier molecular flexibility index (Phi) is 6.19. The number of carbonyl (C=O) groups excluding carboxylic acids is 1. The van der Waals surface area contributed by atoms with Gasteiger partial charge in [-0.05, 0) is 19.3 Å². The summed E-state index contributed by atoms with van der Waals surface area (Å²) in [6, 6.07) is 0. The van der Waals surface area contributed by atoms with Gasteiger partial charge in [-0.3, -0.25) is 9.79 Å². The first-order chi connectivity index (χ1) is 10.7. The maximum atomic E-state index is 12.4. The lowest BCUT2D eigenvalue weighted by molar-refractivity contribution is -0.124. The van der Waals surface area contributed by atoms with Crippen LogP contribution in [0, 0.1) is 0 Å². The van der Waals surface area contributed by atoms with Crippen molar-refractivity contribution in [3.8, 4) is 0 Å². The second kappa shape index (κ2) is 8.13. The Labute approximate surface area is 136 Å². The van der Waals surface area contributed by atoms with Crippen LogP contribution in [0.1, 0.15) is 32.6 Å². The molecule has 0 fully saturated rings. The van der Waals surface area contributed by atoms with Crippen molar-refractivity contribution in [3.05, 3.63) is 35.3 Å². The third-order valence-electron chi connectivity index (χ3n) is 3.44. The zero-order valence-electron chi connectivity index (χ0n) is 13.3. The number of carbonyl (C=O) groups is 1. The van der Waals surface area contributed by atoms with E-state index in [9.17, 15) is 4.79 Å². The Morgan fingerprint density at radius 2 is 2.36 bits per heavy atom. The number of hydrogen-bond donors (Lipinski definition) is 0. The highest BCUT2D eigenvalue weighted by Gasteiger charge is 2.26. The van der Waals surface area contributed by atoms with Crippen molar-refractivity contribution in [1.29, 1.82) is 0 Å². The van der Waals surface area contributed by atoms with Gasteiger partial charge >= 0.3 is 0 Å². The summed E-state index contributed by atoms with van der Waals surface area (Å²) in [6.07, 6.45) is 9.56. The second-order valence-electron chi connectivity index (χ2n) is 5.34. The molecule has 22 heavy (non-hydrogen) atoms. The minimum Gasteiger partial charge on any atom is -0.335 e. The standard InChI is InChI=1S/C17H23N3OS/c1-4-8-15(18-11-5-2)19-16-12-20(3)17(21)13-9-6-7-10-14(13)22-16/h5-6,9H,2,4,7-8,10-12H2,1,3H3. The highest BCUT2D eigenvalue weighted by Crippen LogP contribution is 2.33. The lowest BCUT2D eigenvalue weighted by Gasteiger charge is -2.15. The molecule has 0 unspecified atom stereocenters. The maximum Gasteiger partial charge on any atom is 0.254 e. The molecule has 1 aliphatic carbocycles. The first kappa shape index (κ1) is 16.7. The van der Waals surface area contributed by atoms with E-state index >= 15 is 0 Å². The molecule has 1 amide bonds. The van der Waals surface area contributed by atoms with Gasteiger partial charge in [0.25, 0.3) is 5.91 Å². The Morgan fingerprint density at radius 3 is 3.09 bits per heavy atom. The number of likely N-dealkylation sites (N-methyl/N-ethyl adjacent to an activating group) is 1. The van der Waals surface area contributed by atoms with Gasteiger partial charge in [-0.25, -0.2) is 4.99 Å². The van der Waals surface area contributed by atoms with Crippen LogP contribution >= 0.6 is 11.8 Å². The van der Waals surface area contributed by atoms with Gasteiger partial charge in [0.2, 0.25) is 0 Å². The van der Waals surface area contributed by atoms with Crippen LogP contribution in [-0.4, -0.2) is 41.8 Å². The predicted molar refractivity (Wildman–Crippen MR) is 95.5 cm³/mol. The summed E-state index contributed by atoms with van der Waals surface area (Å²) >= 11 is 1.64. The molecule has 0 saturated carbocycles. The minimum absolute atomic E-state index is 0.0868. The van der Waals surface area contributed by atoms with Crippen molar-refractivity contribution in [2.75, 3.05) is 20.1 Å². The molecule has 1 heterocycles. The maximum absolute atomic E-state index is 12.4. The minimum atomic E-state index is 0.0868. The van der Waals surface area contributed by atoms with Crippen LogP contribution in [0.15, 0.2) is 45.3 Å². The van der Waals surface area contributed by atoms with Crippen molar-refractivity contribution in [2.45, 2.75) is 32.6 Å². The number of aliphatic imine (C=N–C) groups is 2. The molecular weight excluding hydrogens is 294 g/mol. The van der Waals surface area contributed by atoms with Gasteiger partial charge in [-0.2, -0.15) is 0 Å². The lowest BCUT2D eigenvalue weighted by Crippen LogP contribution is -2.30. The summed E-state index contributed by atoms with van der Waals surface area (Å²) < 4.78 is 0. The van der Waals surface area contributed by atoms with Gasteiger partial charge in [0, 0.05) is 23.9 Å². The lowest BCUT2D eigenvalue weighted by atomic mass is 10.1. The highest BCUT2D eigenvalue weighted by molar-refractivity contribution is 8.17. The molecule has 2 rings (SSSR count). The third-order valence-corrected chi connectivity index (χ3v) is 4.57. The number of thioether (sulfide) groups is 1. The smallest absolute Gasteiger partial charge is 0.254 e. The van der Waals surface area contributed by atoms with Crippen LogP contribution < -0.4 is 0 Å². The molecule has 0 radical (unpaired) electrons. The van der Waals surface area contributed by atoms with Crippen LogP contribution in [0.3, 0.4) is 0 Å². The van der Waals surface area contributed by atoms with Crippen molar-refractivity contribution in [3.63, 3.8) is 0 Å². The normalized spacial score (nSPS) is 21.2. The van der Waals surface area contributed by atoms with E-state index in [0.717, 1.165) is 47.0 Å². The third kappa shape index (κ3) is 4.19. The van der Waals surface area contributed by atoms with E-state index in [0.29, 0.717) is 13.1 Å². The average Bonchev–Trinajstić information content (AvgIpc) is 2.63. The van der Waals surface area contributed by atoms with Crippen LogP contribution in [0.2, 0.25) is 0 Å². The Balaban J connectivity index is 2.29. The summed E-state index contributed by atoms with van der Waals surface area (Å²) in [6.45, 7) is 6.95. The topological polar surface area (TPSA) is 45.0 Å². The first-order valence-electron chi connectivity index (χ1n) is 7.70. The molecule has 5 heteroatoms. The Bertz CT molecular complexity index is 572. The van der Waals surface area contributed by atoms with Gasteiger partial charge < -0.3 is 4.90 Å². The van der Waals surface area contributed by atoms with Gasteiger partial charge in [0.05, 0.1) is 18.1 Å². The molecule has 0 spiro atoms. The van der Waals surface area contributed by atoms with Crippen molar-refractivity contribution < 1.29 is 4.79 Å². The number of allylic oxidation sites excluding steroid dienone is 2. The van der Waals surface area contributed by atoms with Crippen molar-refractivity contribution >= 4 is 28.5 Å². The number of rotatable bonds is 4. The average molecular weight is 317 g/mol. The quantitative estimate of drug-likeness (QED) is 0.452. The molecule has 1 aliphatic heterocycles. The van der Waals surface area contributed by atoms with Crippen LogP contribution in [0.4, 0.5) is 0 Å². The molecular formula is C17H23N3OS. The summed E-state index contributed by atoms with van der Waals surface area (Å²) in [5, 5.41) is 0.951. The van der Waals surface area contributed by atoms with E-state index in [-0.39, 0.29) is 5.91 Å². The largest absolute Gasteiger partial charge is 0.335 e. The summed E-state index contributed by atoms with van der Waals surface area (Å²) in [4.78, 5) is 24.5. The SMILES string of the molecule is C=CCN=C(CCC)N=C1CN(C)C(=O)C2=C(CCC=C2)S1. The molecule has 4 nitrogen and oxygen atoms in total. The molecule has 0 N–H and O–H groups in total.